The van der Waals surface area contributed by atoms with Crippen LogP contribution in [-0.4, -0.2) is 48.4 Å². The van der Waals surface area contributed by atoms with E-state index in [4.69, 9.17) is 14.2 Å². The zero-order valence-corrected chi connectivity index (χ0v) is 24.3. The van der Waals surface area contributed by atoms with Crippen molar-refractivity contribution in [3.63, 3.8) is 0 Å². The topological polar surface area (TPSA) is 99.1 Å². The number of carboxylic acid groups (broad SMARTS) is 1. The van der Waals surface area contributed by atoms with Gasteiger partial charge in [0.1, 0.15) is 12.2 Å². The lowest BCUT2D eigenvalue weighted by Gasteiger charge is -2.62. The fourth-order valence-electron chi connectivity index (χ4n) is 8.05. The monoisotopic (exact) mass is 562 g/mol. The van der Waals surface area contributed by atoms with Gasteiger partial charge in [0.15, 0.2) is 0 Å². The van der Waals surface area contributed by atoms with Gasteiger partial charge in [-0.15, -0.1) is 0 Å². The molecule has 2 aromatic rings. The maximum Gasteiger partial charge on any atom is 0.338 e. The Kier molecular flexibility index (Phi) is 8.55. The van der Waals surface area contributed by atoms with E-state index in [1.54, 1.807) is 48.5 Å². The van der Waals surface area contributed by atoms with Crippen molar-refractivity contribution in [1.82, 2.24) is 0 Å². The number of hydrogen-bond donors (Lipinski definition) is 1. The number of carboxylic acids is 1. The third-order valence-electron chi connectivity index (χ3n) is 10.5. The summed E-state index contributed by atoms with van der Waals surface area (Å²) in [5.74, 6) is -2.20. The molecule has 7 nitrogen and oxygen atoms in total. The summed E-state index contributed by atoms with van der Waals surface area (Å²) in [7, 11) is 0. The van der Waals surface area contributed by atoms with Crippen LogP contribution in [0.2, 0.25) is 0 Å². The maximum absolute atomic E-state index is 13.6. The first kappa shape index (κ1) is 29.3. The molecule has 5 rings (SSSR count). The van der Waals surface area contributed by atoms with Crippen molar-refractivity contribution in [2.24, 2.45) is 34.5 Å². The highest BCUT2D eigenvalue weighted by Gasteiger charge is 2.64. The number of benzene rings is 2. The number of esters is 2. The molecule has 0 aromatic heterocycles. The highest BCUT2D eigenvalue weighted by atomic mass is 16.6. The fourth-order valence-corrected chi connectivity index (χ4v) is 8.05. The molecule has 0 spiro atoms. The zero-order chi connectivity index (χ0) is 29.2. The first-order chi connectivity index (χ1) is 19.6. The van der Waals surface area contributed by atoms with Gasteiger partial charge in [-0.3, -0.25) is 4.79 Å². The Morgan fingerprint density at radius 2 is 1.54 bits per heavy atom. The second-order valence-corrected chi connectivity index (χ2v) is 12.9. The second-order valence-electron chi connectivity index (χ2n) is 12.9. The molecule has 1 saturated heterocycles. The molecule has 8 atom stereocenters. The maximum atomic E-state index is 13.6. The lowest BCUT2D eigenvalue weighted by molar-refractivity contribution is -0.210. The quantitative estimate of drug-likeness (QED) is 0.371. The van der Waals surface area contributed by atoms with E-state index >= 15 is 0 Å². The van der Waals surface area contributed by atoms with Gasteiger partial charge in [0.2, 0.25) is 0 Å². The Morgan fingerprint density at radius 1 is 0.927 bits per heavy atom. The van der Waals surface area contributed by atoms with E-state index < -0.39 is 41.4 Å². The summed E-state index contributed by atoms with van der Waals surface area (Å²) in [6, 6.07) is 17.6. The molecule has 0 radical (unpaired) electrons. The molecule has 2 aliphatic carbocycles. The lowest BCUT2D eigenvalue weighted by atomic mass is 9.43. The van der Waals surface area contributed by atoms with Gasteiger partial charge in [0.05, 0.1) is 17.0 Å². The second kappa shape index (κ2) is 12.0. The number of carbonyl (C=O) groups excluding carboxylic acids is 2. The van der Waals surface area contributed by atoms with Gasteiger partial charge in [-0.2, -0.15) is 0 Å². The van der Waals surface area contributed by atoms with Crippen LogP contribution in [0.4, 0.5) is 0 Å². The Hall–Kier alpha value is -3.19. The van der Waals surface area contributed by atoms with Crippen LogP contribution in [-0.2, 0) is 19.0 Å². The van der Waals surface area contributed by atoms with E-state index in [-0.39, 0.29) is 17.3 Å². The van der Waals surface area contributed by atoms with Gasteiger partial charge in [-0.25, -0.2) is 9.59 Å². The van der Waals surface area contributed by atoms with Gasteiger partial charge in [0.25, 0.3) is 0 Å². The molecule has 3 aliphatic rings. The highest BCUT2D eigenvalue weighted by Crippen LogP contribution is 2.64. The summed E-state index contributed by atoms with van der Waals surface area (Å²) in [5, 5.41) is 10.5. The number of hydrogen-bond acceptors (Lipinski definition) is 6. The molecule has 7 heteroatoms. The zero-order valence-electron chi connectivity index (χ0n) is 24.3. The summed E-state index contributed by atoms with van der Waals surface area (Å²) >= 11 is 0. The summed E-state index contributed by atoms with van der Waals surface area (Å²) in [6.45, 7) is 7.88. The smallest absolute Gasteiger partial charge is 0.338 e. The molecule has 1 aliphatic heterocycles. The number of rotatable bonds is 8. The standard InChI is InChI=1S/C34H42O7/c1-22-20-27(40-31(37)24-10-6-4-7-11-24)28(41-32(38)25-12-8-5-9-13-25)29-33(22,2)18-15-26(30(35)36)34(29,3)17-14-23-16-19-39-21-23/h4-13,22-23,26-29H,14-21H2,1-3H3,(H,35,36)/t22-,23?,26+,27+,28?,29?,33+,34+/m1/s1. The average molecular weight is 563 g/mol. The van der Waals surface area contributed by atoms with E-state index in [2.05, 4.69) is 20.8 Å². The number of aliphatic carboxylic acids is 1. The molecule has 2 saturated carbocycles. The fraction of sp³-hybridized carbons (Fsp3) is 0.559. The van der Waals surface area contributed by atoms with E-state index in [1.165, 1.54) is 0 Å². The van der Waals surface area contributed by atoms with Crippen LogP contribution in [0.15, 0.2) is 60.7 Å². The van der Waals surface area contributed by atoms with Crippen molar-refractivity contribution in [2.75, 3.05) is 13.2 Å². The van der Waals surface area contributed by atoms with Gasteiger partial charge in [-0.05, 0) is 85.5 Å². The van der Waals surface area contributed by atoms with Crippen LogP contribution >= 0.6 is 0 Å². The molecular weight excluding hydrogens is 520 g/mol. The van der Waals surface area contributed by atoms with Gasteiger partial charge in [-0.1, -0.05) is 57.2 Å². The minimum atomic E-state index is -0.818. The molecule has 3 unspecified atom stereocenters. The van der Waals surface area contributed by atoms with Crippen LogP contribution < -0.4 is 0 Å². The largest absolute Gasteiger partial charge is 0.481 e. The third kappa shape index (κ3) is 5.78. The number of ether oxygens (including phenoxy) is 3. The molecular formula is C34H42O7. The molecule has 0 bridgehead atoms. The molecule has 3 fully saturated rings. The number of carbonyl (C=O) groups is 3. The van der Waals surface area contributed by atoms with E-state index in [9.17, 15) is 19.5 Å². The molecule has 41 heavy (non-hydrogen) atoms. The minimum Gasteiger partial charge on any atom is -0.481 e. The Balaban J connectivity index is 1.55. The third-order valence-corrected chi connectivity index (χ3v) is 10.5. The minimum absolute atomic E-state index is 0.122. The lowest BCUT2D eigenvalue weighted by Crippen LogP contribution is -2.64. The summed E-state index contributed by atoms with van der Waals surface area (Å²) in [5.41, 5.74) is -0.145. The van der Waals surface area contributed by atoms with Crippen LogP contribution in [0.1, 0.15) is 80.0 Å². The van der Waals surface area contributed by atoms with Crippen LogP contribution in [0.25, 0.3) is 0 Å². The highest BCUT2D eigenvalue weighted by molar-refractivity contribution is 5.90. The van der Waals surface area contributed by atoms with Crippen molar-refractivity contribution < 1.29 is 33.7 Å². The summed E-state index contributed by atoms with van der Waals surface area (Å²) < 4.78 is 18.2. The average Bonchev–Trinajstić information content (AvgIpc) is 3.49. The summed E-state index contributed by atoms with van der Waals surface area (Å²) in [4.78, 5) is 39.7. The van der Waals surface area contributed by atoms with E-state index in [0.29, 0.717) is 49.3 Å². The molecule has 220 valence electrons. The van der Waals surface area contributed by atoms with Crippen LogP contribution in [0.3, 0.4) is 0 Å². The normalized spacial score (nSPS) is 34.8. The molecule has 1 N–H and O–H groups in total. The van der Waals surface area contributed by atoms with Crippen LogP contribution in [0, 0.1) is 34.5 Å². The Morgan fingerprint density at radius 3 is 2.10 bits per heavy atom. The molecule has 2 aromatic carbocycles. The van der Waals surface area contributed by atoms with Gasteiger partial charge in [0, 0.05) is 19.1 Å². The molecule has 0 amide bonds. The van der Waals surface area contributed by atoms with Gasteiger partial charge >= 0.3 is 17.9 Å². The predicted molar refractivity (Wildman–Crippen MR) is 153 cm³/mol. The van der Waals surface area contributed by atoms with Crippen molar-refractivity contribution in [2.45, 2.75) is 71.5 Å². The first-order valence-electron chi connectivity index (χ1n) is 15.0. The summed E-state index contributed by atoms with van der Waals surface area (Å²) in [6.07, 6.45) is 2.79. The van der Waals surface area contributed by atoms with Crippen molar-refractivity contribution in [3.05, 3.63) is 71.8 Å². The van der Waals surface area contributed by atoms with Crippen molar-refractivity contribution >= 4 is 17.9 Å². The van der Waals surface area contributed by atoms with Crippen molar-refractivity contribution in [3.8, 4) is 0 Å². The Labute approximate surface area is 242 Å². The number of fused-ring (bicyclic) bond motifs is 1. The predicted octanol–water partition coefficient (Wildman–Crippen LogP) is 6.42. The Bertz CT molecular complexity index is 1220. The van der Waals surface area contributed by atoms with Crippen molar-refractivity contribution in [1.29, 1.82) is 0 Å². The molecule has 1 heterocycles. The van der Waals surface area contributed by atoms with E-state index in [1.807, 2.05) is 12.1 Å². The SMILES string of the molecule is C[C@@H]1C[C@H](OC(=O)c2ccccc2)C(OC(=O)c2ccccc2)C2[C@@]1(C)CC[C@@H](C(=O)O)[C@]2(C)CCC1CCOC1. The first-order valence-corrected chi connectivity index (χ1v) is 15.0. The van der Waals surface area contributed by atoms with E-state index in [0.717, 1.165) is 19.4 Å². The van der Waals surface area contributed by atoms with Gasteiger partial charge < -0.3 is 19.3 Å². The van der Waals surface area contributed by atoms with Crippen LogP contribution in [0.5, 0.6) is 0 Å².